The second-order valence-electron chi connectivity index (χ2n) is 11.8. The number of carbonyl (C=O) groups excluding carboxylic acids is 2. The molecule has 0 radical (unpaired) electrons. The van der Waals surface area contributed by atoms with Crippen molar-refractivity contribution in [1.82, 2.24) is 14.6 Å². The predicted octanol–water partition coefficient (Wildman–Crippen LogP) is 6.00. The molecule has 1 atom stereocenters. The number of nitrogens with zero attached hydrogens (tertiary/aromatic N) is 3. The van der Waals surface area contributed by atoms with Gasteiger partial charge in [-0.3, -0.25) is 9.59 Å². The highest BCUT2D eigenvalue weighted by atomic mass is 19.4. The molecule has 0 fully saturated rings. The van der Waals surface area contributed by atoms with Crippen LogP contribution in [0.2, 0.25) is 0 Å². The highest BCUT2D eigenvalue weighted by molar-refractivity contribution is 5.84. The maximum atomic E-state index is 13.4. The first-order chi connectivity index (χ1) is 21.2. The summed E-state index contributed by atoms with van der Waals surface area (Å²) in [5.74, 6) is -0.915. The van der Waals surface area contributed by atoms with Crippen LogP contribution in [-0.2, 0) is 33.7 Å². The van der Waals surface area contributed by atoms with Crippen molar-refractivity contribution in [3.63, 3.8) is 0 Å². The predicted molar refractivity (Wildman–Crippen MR) is 162 cm³/mol. The van der Waals surface area contributed by atoms with E-state index in [1.807, 2.05) is 10.9 Å². The lowest BCUT2D eigenvalue weighted by molar-refractivity contribution is -0.165. The van der Waals surface area contributed by atoms with E-state index in [1.165, 1.54) is 32.1 Å². The molecular formula is C32H46F3N5O4. The Labute approximate surface area is 257 Å². The van der Waals surface area contributed by atoms with Crippen LogP contribution < -0.4 is 15.5 Å². The van der Waals surface area contributed by atoms with Crippen molar-refractivity contribution < 1.29 is 32.2 Å². The van der Waals surface area contributed by atoms with E-state index in [-0.39, 0.29) is 26.0 Å². The summed E-state index contributed by atoms with van der Waals surface area (Å²) >= 11 is 0. The van der Waals surface area contributed by atoms with E-state index >= 15 is 0 Å². The summed E-state index contributed by atoms with van der Waals surface area (Å²) in [5.41, 5.74) is 5.35. The summed E-state index contributed by atoms with van der Waals surface area (Å²) in [5, 5.41) is 3.20. The molecule has 0 aliphatic carbocycles. The summed E-state index contributed by atoms with van der Waals surface area (Å²) in [6.07, 6.45) is 7.98. The average Bonchev–Trinajstić information content (AvgIpc) is 3.35. The molecule has 244 valence electrons. The van der Waals surface area contributed by atoms with Crippen molar-refractivity contribution in [3.8, 4) is 5.75 Å². The van der Waals surface area contributed by atoms with Gasteiger partial charge in [-0.15, -0.1) is 0 Å². The molecule has 2 aromatic rings. The highest BCUT2D eigenvalue weighted by Crippen LogP contribution is 2.30. The van der Waals surface area contributed by atoms with Crippen LogP contribution in [0.1, 0.15) is 88.0 Å². The molecule has 9 nitrogen and oxygen atoms in total. The number of amides is 1. The maximum Gasteiger partial charge on any atom is 0.406 e. The molecule has 1 aromatic heterocycles. The molecule has 4 rings (SSSR count). The van der Waals surface area contributed by atoms with E-state index < -0.39 is 30.5 Å². The van der Waals surface area contributed by atoms with Crippen molar-refractivity contribution in [2.45, 2.75) is 96.7 Å². The zero-order valence-corrected chi connectivity index (χ0v) is 25.7. The van der Waals surface area contributed by atoms with Crippen LogP contribution in [0, 0.1) is 5.92 Å². The molecular weight excluding hydrogens is 575 g/mol. The van der Waals surface area contributed by atoms with E-state index in [0.29, 0.717) is 24.3 Å². The third-order valence-corrected chi connectivity index (χ3v) is 8.03. The van der Waals surface area contributed by atoms with Gasteiger partial charge in [-0.2, -0.15) is 13.2 Å². The first-order valence-electron chi connectivity index (χ1n) is 16.0. The number of esters is 1. The monoisotopic (exact) mass is 621 g/mol. The quantitative estimate of drug-likeness (QED) is 0.165. The lowest BCUT2D eigenvalue weighted by Gasteiger charge is -2.25. The van der Waals surface area contributed by atoms with Crippen LogP contribution in [0.15, 0.2) is 24.4 Å². The zero-order valence-electron chi connectivity index (χ0n) is 25.7. The number of unbranched alkanes of at least 4 members (excludes halogenated alkanes) is 8. The van der Waals surface area contributed by atoms with Gasteiger partial charge >= 0.3 is 12.1 Å². The molecule has 1 aromatic carbocycles. The van der Waals surface area contributed by atoms with Crippen LogP contribution in [-0.4, -0.2) is 65.5 Å². The van der Waals surface area contributed by atoms with E-state index in [2.05, 4.69) is 22.7 Å². The number of anilines is 1. The van der Waals surface area contributed by atoms with Gasteiger partial charge < -0.3 is 25.1 Å². The van der Waals surface area contributed by atoms with Crippen LogP contribution in [0.25, 0.3) is 0 Å². The third-order valence-electron chi connectivity index (χ3n) is 8.03. The Balaban J connectivity index is 1.29. The molecule has 0 spiro atoms. The van der Waals surface area contributed by atoms with Crippen LogP contribution in [0.3, 0.4) is 0 Å². The molecule has 2 N–H and O–H groups in total. The van der Waals surface area contributed by atoms with Gasteiger partial charge in [0.05, 0.1) is 37.4 Å². The van der Waals surface area contributed by atoms with E-state index in [0.717, 1.165) is 60.9 Å². The second-order valence-corrected chi connectivity index (χ2v) is 11.8. The van der Waals surface area contributed by atoms with Gasteiger partial charge in [0, 0.05) is 26.1 Å². The Morgan fingerprint density at radius 2 is 1.77 bits per heavy atom. The molecule has 0 unspecified atom stereocenters. The number of imidazole rings is 1. The molecule has 1 amide bonds. The van der Waals surface area contributed by atoms with Gasteiger partial charge in [-0.25, -0.2) is 9.66 Å². The number of hydrogen-bond donors (Lipinski definition) is 2. The summed E-state index contributed by atoms with van der Waals surface area (Å²) in [6.45, 7) is 2.78. The Hall–Kier alpha value is -3.44. The minimum Gasteiger partial charge on any atom is -0.493 e. The van der Waals surface area contributed by atoms with Gasteiger partial charge in [0.15, 0.2) is 0 Å². The molecule has 3 heterocycles. The normalized spacial score (nSPS) is 16.4. The highest BCUT2D eigenvalue weighted by Gasteiger charge is 2.38. The number of aromatic nitrogens is 2. The Kier molecular flexibility index (Phi) is 12.6. The first-order valence-corrected chi connectivity index (χ1v) is 16.0. The molecule has 12 heteroatoms. The smallest absolute Gasteiger partial charge is 0.406 e. The molecule has 0 saturated heterocycles. The zero-order chi connectivity index (χ0) is 31.4. The van der Waals surface area contributed by atoms with Crippen LogP contribution in [0.5, 0.6) is 5.75 Å². The number of carbonyl (C=O) groups is 2. The van der Waals surface area contributed by atoms with Gasteiger partial charge in [-0.05, 0) is 36.1 Å². The van der Waals surface area contributed by atoms with Crippen molar-refractivity contribution in [1.29, 1.82) is 0 Å². The summed E-state index contributed by atoms with van der Waals surface area (Å²) in [6, 6.07) is 5.22. The molecule has 0 saturated carbocycles. The van der Waals surface area contributed by atoms with E-state index in [4.69, 9.17) is 9.47 Å². The molecule has 0 bridgehead atoms. The Bertz CT molecular complexity index is 1200. The molecule has 2 aliphatic rings. The van der Waals surface area contributed by atoms with Crippen LogP contribution in [0.4, 0.5) is 19.1 Å². The summed E-state index contributed by atoms with van der Waals surface area (Å²) < 4.78 is 53.5. The average molecular weight is 622 g/mol. The largest absolute Gasteiger partial charge is 0.493 e. The minimum atomic E-state index is -4.57. The topological polar surface area (TPSA) is 97.7 Å². The summed E-state index contributed by atoms with van der Waals surface area (Å²) in [7, 11) is 0. The Morgan fingerprint density at radius 3 is 2.50 bits per heavy atom. The Morgan fingerprint density at radius 1 is 1.02 bits per heavy atom. The fraction of sp³-hybridized carbons (Fsp3) is 0.656. The van der Waals surface area contributed by atoms with Crippen molar-refractivity contribution in [3.05, 3.63) is 41.2 Å². The van der Waals surface area contributed by atoms with E-state index in [9.17, 15) is 22.8 Å². The van der Waals surface area contributed by atoms with Crippen molar-refractivity contribution in [2.75, 3.05) is 43.6 Å². The SMILES string of the molecule is CCCCCCCCCCCOC(=O)C[C@@H]1Cc2ccc(OCCc3cn4c(n3)NCCN4)cc2CN(CC(F)(F)F)C1=O. The van der Waals surface area contributed by atoms with Crippen LogP contribution >= 0.6 is 0 Å². The summed E-state index contributed by atoms with van der Waals surface area (Å²) in [4.78, 5) is 31.2. The lowest BCUT2D eigenvalue weighted by atomic mass is 9.94. The number of benzene rings is 1. The number of hydrogen-bond acceptors (Lipinski definition) is 7. The minimum absolute atomic E-state index is 0.163. The maximum absolute atomic E-state index is 13.4. The number of nitrogens with one attached hydrogen (secondary N) is 2. The number of halogens is 3. The fourth-order valence-corrected chi connectivity index (χ4v) is 5.72. The number of fused-ring (bicyclic) bond motifs is 2. The number of alkyl halides is 3. The molecule has 44 heavy (non-hydrogen) atoms. The lowest BCUT2D eigenvalue weighted by Crippen LogP contribution is -2.41. The van der Waals surface area contributed by atoms with Crippen molar-refractivity contribution in [2.24, 2.45) is 5.92 Å². The fourth-order valence-electron chi connectivity index (χ4n) is 5.72. The first kappa shape index (κ1) is 33.5. The van der Waals surface area contributed by atoms with E-state index in [1.54, 1.807) is 18.2 Å². The third kappa shape index (κ3) is 10.6. The number of rotatable bonds is 17. The van der Waals surface area contributed by atoms with Gasteiger partial charge in [-0.1, -0.05) is 64.4 Å². The molecule has 2 aliphatic heterocycles. The van der Waals surface area contributed by atoms with Gasteiger partial charge in [0.25, 0.3) is 0 Å². The second kappa shape index (κ2) is 16.6. The van der Waals surface area contributed by atoms with Gasteiger partial charge in [0.1, 0.15) is 12.3 Å². The standard InChI is InChI=1S/C32H46F3N5O4/c1-2-3-4-5-6-7-8-9-10-16-44-29(41)20-25-18-24-11-12-28(19-26(24)21-39(30(25)42)23-32(33,34)35)43-17-13-27-22-40-31(38-27)36-14-15-37-40/h11-12,19,22,25,37H,2-10,13-18,20-21,23H2,1H3,(H,36,38)/t25-/m0/s1. The van der Waals surface area contributed by atoms with Crippen molar-refractivity contribution >= 4 is 17.8 Å². The van der Waals surface area contributed by atoms with Gasteiger partial charge in [0.2, 0.25) is 11.9 Å². The number of ether oxygens (including phenoxy) is 2.